The molecule has 0 saturated carbocycles. The minimum Gasteiger partial charge on any atom is -0.330 e. The van der Waals surface area contributed by atoms with Crippen LogP contribution in [0.25, 0.3) is 0 Å². The smallest absolute Gasteiger partial charge is 0.229 e. The lowest BCUT2D eigenvalue weighted by Crippen LogP contribution is -2.58. The van der Waals surface area contributed by atoms with Gasteiger partial charge in [0, 0.05) is 35.6 Å². The van der Waals surface area contributed by atoms with Gasteiger partial charge in [0.05, 0.1) is 16.2 Å². The molecule has 0 aliphatic carbocycles. The monoisotopic (exact) mass is 578 g/mol. The molecule has 0 spiro atoms. The van der Waals surface area contributed by atoms with E-state index in [-0.39, 0.29) is 30.5 Å². The molecule has 1 unspecified atom stereocenters. The number of likely N-dealkylation sites (tertiary alicyclic amines) is 1. The zero-order chi connectivity index (χ0) is 28.5. The molecule has 8 heteroatoms. The van der Waals surface area contributed by atoms with Crippen molar-refractivity contribution in [1.29, 1.82) is 0 Å². The number of piperidine rings is 1. The van der Waals surface area contributed by atoms with Crippen LogP contribution in [0.15, 0.2) is 61.2 Å². The van der Waals surface area contributed by atoms with Gasteiger partial charge in [-0.25, -0.2) is 12.7 Å². The van der Waals surface area contributed by atoms with Crippen LogP contribution in [0.5, 0.6) is 0 Å². The van der Waals surface area contributed by atoms with E-state index in [1.54, 1.807) is 33.9 Å². The van der Waals surface area contributed by atoms with E-state index in [0.717, 1.165) is 11.1 Å². The normalized spacial score (nSPS) is 23.5. The van der Waals surface area contributed by atoms with E-state index in [1.807, 2.05) is 61.2 Å². The zero-order valence-electron chi connectivity index (χ0n) is 23.2. The third-order valence-corrected chi connectivity index (χ3v) is 10.7. The molecule has 0 radical (unpaired) electrons. The number of hydrogen-bond acceptors (Lipinski definition) is 3. The van der Waals surface area contributed by atoms with Crippen molar-refractivity contribution in [3.8, 4) is 0 Å². The van der Waals surface area contributed by atoms with E-state index >= 15 is 0 Å². The Bertz CT molecular complexity index is 1260. The largest absolute Gasteiger partial charge is 0.330 e. The molecule has 4 atom stereocenters. The number of carbonyl (C=O) groups is 1. The lowest BCUT2D eigenvalue weighted by Gasteiger charge is -2.52. The fraction of sp³-hybridized carbons (Fsp3) is 0.500. The van der Waals surface area contributed by atoms with E-state index in [9.17, 15) is 13.2 Å². The van der Waals surface area contributed by atoms with Crippen LogP contribution >= 0.6 is 23.2 Å². The number of sulfonamides is 1. The Labute approximate surface area is 238 Å². The first-order valence-corrected chi connectivity index (χ1v) is 15.3. The maximum atomic E-state index is 14.4. The van der Waals surface area contributed by atoms with E-state index < -0.39 is 20.2 Å². The second-order valence-corrected chi connectivity index (χ2v) is 15.3. The summed E-state index contributed by atoms with van der Waals surface area (Å²) in [6.45, 7) is 13.2. The first-order chi connectivity index (χ1) is 17.7. The van der Waals surface area contributed by atoms with Crippen LogP contribution in [0.2, 0.25) is 10.0 Å². The Kier molecular flexibility index (Phi) is 9.45. The number of allylic oxidation sites excluding steroid dienone is 1. The summed E-state index contributed by atoms with van der Waals surface area (Å²) >= 11 is 12.7. The van der Waals surface area contributed by atoms with Crippen molar-refractivity contribution < 1.29 is 13.2 Å². The molecule has 1 fully saturated rings. The molecular weight excluding hydrogens is 539 g/mol. The average molecular weight is 580 g/mol. The number of benzene rings is 2. The van der Waals surface area contributed by atoms with Crippen LogP contribution in [0.4, 0.5) is 0 Å². The van der Waals surface area contributed by atoms with Crippen LogP contribution in [0.1, 0.15) is 77.0 Å². The van der Waals surface area contributed by atoms with Crippen LogP contribution < -0.4 is 0 Å². The van der Waals surface area contributed by atoms with E-state index in [1.165, 1.54) is 4.31 Å². The van der Waals surface area contributed by atoms with Gasteiger partial charge in [-0.3, -0.25) is 4.79 Å². The van der Waals surface area contributed by atoms with Gasteiger partial charge in [-0.1, -0.05) is 67.4 Å². The highest BCUT2D eigenvalue weighted by atomic mass is 35.5. The van der Waals surface area contributed by atoms with Crippen LogP contribution in [-0.4, -0.2) is 47.9 Å². The molecule has 5 nitrogen and oxygen atoms in total. The topological polar surface area (TPSA) is 57.7 Å². The van der Waals surface area contributed by atoms with E-state index in [4.69, 9.17) is 23.2 Å². The summed E-state index contributed by atoms with van der Waals surface area (Å²) in [6.07, 6.45) is 3.50. The van der Waals surface area contributed by atoms with Gasteiger partial charge < -0.3 is 4.90 Å². The third-order valence-electron chi connectivity index (χ3n) is 7.70. The van der Waals surface area contributed by atoms with Gasteiger partial charge in [0.1, 0.15) is 0 Å². The van der Waals surface area contributed by atoms with Crippen molar-refractivity contribution in [2.24, 2.45) is 5.41 Å². The molecule has 1 saturated heterocycles. The SMILES string of the molecule is C=CC[C@@]1(C)C[C@H](c2cccc(Cl)c2)[C@@H](c2ccc(Cl)cc2)N(C(CC)CN(C)S(=O)(=O)C(C)(C)C)C1=O. The molecular formula is C30H40Cl2N2O3S. The average Bonchev–Trinajstić information content (AvgIpc) is 2.84. The van der Waals surface area contributed by atoms with E-state index in [0.29, 0.717) is 29.3 Å². The second kappa shape index (κ2) is 11.7. The molecule has 1 heterocycles. The number of carbonyl (C=O) groups excluding carboxylic acids is 1. The number of hydrogen-bond donors (Lipinski definition) is 0. The minimum atomic E-state index is -3.59. The number of likely N-dealkylation sites (N-methyl/N-ethyl adjacent to an activating group) is 1. The highest BCUT2D eigenvalue weighted by molar-refractivity contribution is 7.90. The Morgan fingerprint density at radius 3 is 2.29 bits per heavy atom. The zero-order valence-corrected chi connectivity index (χ0v) is 25.6. The number of amides is 1. The van der Waals surface area contributed by atoms with Gasteiger partial charge in [-0.2, -0.15) is 0 Å². The maximum Gasteiger partial charge on any atom is 0.229 e. The first kappa shape index (κ1) is 30.7. The second-order valence-electron chi connectivity index (χ2n) is 11.6. The maximum absolute atomic E-state index is 14.4. The fourth-order valence-corrected chi connectivity index (χ4v) is 7.19. The van der Waals surface area contributed by atoms with Gasteiger partial charge in [0.25, 0.3) is 0 Å². The molecule has 0 aromatic heterocycles. The predicted molar refractivity (Wildman–Crippen MR) is 158 cm³/mol. The summed E-state index contributed by atoms with van der Waals surface area (Å²) in [5, 5.41) is 1.25. The summed E-state index contributed by atoms with van der Waals surface area (Å²) in [5.41, 5.74) is 1.29. The van der Waals surface area contributed by atoms with Crippen LogP contribution in [0, 0.1) is 5.41 Å². The summed E-state index contributed by atoms with van der Waals surface area (Å²) in [7, 11) is -1.99. The van der Waals surface area contributed by atoms with Gasteiger partial charge in [0.2, 0.25) is 15.9 Å². The van der Waals surface area contributed by atoms with Crippen molar-refractivity contribution in [2.75, 3.05) is 13.6 Å². The van der Waals surface area contributed by atoms with Crippen molar-refractivity contribution in [2.45, 2.75) is 76.6 Å². The number of halogens is 2. The molecule has 1 aliphatic rings. The summed E-state index contributed by atoms with van der Waals surface area (Å²) < 4.78 is 27.0. The summed E-state index contributed by atoms with van der Waals surface area (Å²) in [4.78, 5) is 16.4. The molecule has 0 N–H and O–H groups in total. The molecule has 208 valence electrons. The van der Waals surface area contributed by atoms with Crippen LogP contribution in [0.3, 0.4) is 0 Å². The van der Waals surface area contributed by atoms with Crippen molar-refractivity contribution in [3.05, 3.63) is 82.4 Å². The summed E-state index contributed by atoms with van der Waals surface area (Å²) in [6, 6.07) is 14.7. The van der Waals surface area contributed by atoms with Crippen molar-refractivity contribution >= 4 is 39.1 Å². The van der Waals surface area contributed by atoms with Gasteiger partial charge >= 0.3 is 0 Å². The molecule has 3 rings (SSSR count). The Balaban J connectivity index is 2.22. The standard InChI is InChI=1S/C30H40Cl2N2O3S/c1-8-17-30(6)19-26(22-11-10-12-24(32)18-22)27(21-13-15-23(31)16-14-21)34(28(30)35)25(9-2)20-33(7)38(36,37)29(3,4)5/h8,10-16,18,25-27H,1,9,17,19-20H2,2-7H3/t25?,26-,27-,30+/m1/s1. The minimum absolute atomic E-state index is 0.00374. The Hall–Kier alpha value is -1.86. The molecule has 2 aromatic rings. The predicted octanol–water partition coefficient (Wildman–Crippen LogP) is 7.47. The first-order valence-electron chi connectivity index (χ1n) is 13.1. The molecule has 1 aliphatic heterocycles. The van der Waals surface area contributed by atoms with Gasteiger partial charge in [0.15, 0.2) is 0 Å². The highest BCUT2D eigenvalue weighted by Gasteiger charge is 2.51. The highest BCUT2D eigenvalue weighted by Crippen LogP contribution is 2.52. The van der Waals surface area contributed by atoms with E-state index in [2.05, 4.69) is 12.6 Å². The molecule has 0 bridgehead atoms. The quantitative estimate of drug-likeness (QED) is 0.290. The molecule has 2 aromatic carbocycles. The van der Waals surface area contributed by atoms with Crippen molar-refractivity contribution in [1.82, 2.24) is 9.21 Å². The van der Waals surface area contributed by atoms with Crippen molar-refractivity contribution in [3.63, 3.8) is 0 Å². The summed E-state index contributed by atoms with van der Waals surface area (Å²) in [5.74, 6) is -0.0693. The Morgan fingerprint density at radius 2 is 1.76 bits per heavy atom. The lowest BCUT2D eigenvalue weighted by atomic mass is 9.67. The molecule has 1 amide bonds. The third kappa shape index (κ3) is 6.14. The van der Waals surface area contributed by atoms with Gasteiger partial charge in [-0.15, -0.1) is 6.58 Å². The lowest BCUT2D eigenvalue weighted by molar-refractivity contribution is -0.154. The molecule has 38 heavy (non-hydrogen) atoms. The van der Waals surface area contributed by atoms with Crippen LogP contribution in [-0.2, 0) is 14.8 Å². The fourth-order valence-electron chi connectivity index (χ4n) is 5.56. The number of rotatable bonds is 9. The van der Waals surface area contributed by atoms with Gasteiger partial charge in [-0.05, 0) is 75.4 Å². The number of nitrogens with zero attached hydrogens (tertiary/aromatic N) is 2. The Morgan fingerprint density at radius 1 is 1.13 bits per heavy atom.